The topological polar surface area (TPSA) is 209 Å². The predicted molar refractivity (Wildman–Crippen MR) is 175 cm³/mol. The number of aromatic hydroxyl groups is 3. The Morgan fingerprint density at radius 3 is 2.29 bits per heavy atom. The highest BCUT2D eigenvalue weighted by molar-refractivity contribution is 6.38. The fourth-order valence-corrected chi connectivity index (χ4v) is 6.70. The van der Waals surface area contributed by atoms with Crippen molar-refractivity contribution in [2.75, 3.05) is 13.2 Å². The standard InChI is InChI=1S/C36H32N2O11/c1-5-6-7-8-18-14-17-13-16-9-10-36(26(16)30(43)21(17)33(46)38-18)31(44)24-25(32(36)45)29(42)23-22(28(24)41)19(39)15-20(27(23)40)48-12-11-37-34(47)49-35(2,3)4/h5-8,13-15,41-43H,9-12H2,1-4H3,(H,37,47)(H,38,46)/b6-5+,8-7+/t36-/m0/s1. The van der Waals surface area contributed by atoms with E-state index in [1.54, 1.807) is 57.2 Å². The third-order valence-corrected chi connectivity index (χ3v) is 8.65. The van der Waals surface area contributed by atoms with Gasteiger partial charge in [0.25, 0.3) is 5.56 Å². The van der Waals surface area contributed by atoms with E-state index in [0.29, 0.717) is 16.6 Å². The van der Waals surface area contributed by atoms with E-state index in [4.69, 9.17) is 9.47 Å². The number of H-pyrrole nitrogens is 1. The van der Waals surface area contributed by atoms with E-state index >= 15 is 0 Å². The van der Waals surface area contributed by atoms with Gasteiger partial charge in [-0.25, -0.2) is 4.79 Å². The maximum atomic E-state index is 14.3. The first-order valence-electron chi connectivity index (χ1n) is 15.5. The smallest absolute Gasteiger partial charge is 0.407 e. The molecule has 13 nitrogen and oxygen atoms in total. The molecule has 1 atom stereocenters. The van der Waals surface area contributed by atoms with Crippen molar-refractivity contribution in [2.45, 2.75) is 51.6 Å². The average molecular weight is 669 g/mol. The van der Waals surface area contributed by atoms with Gasteiger partial charge in [0.05, 0.1) is 34.2 Å². The molecule has 2 aromatic carbocycles. The summed E-state index contributed by atoms with van der Waals surface area (Å²) >= 11 is 0. The zero-order valence-corrected chi connectivity index (χ0v) is 27.0. The van der Waals surface area contributed by atoms with E-state index in [-0.39, 0.29) is 36.9 Å². The molecule has 0 saturated heterocycles. The number of hydrogen-bond acceptors (Lipinski definition) is 11. The Kier molecular flexibility index (Phi) is 7.81. The molecule has 0 saturated carbocycles. The summed E-state index contributed by atoms with van der Waals surface area (Å²) in [4.78, 5) is 82.9. The molecule has 0 fully saturated rings. The second kappa shape index (κ2) is 11.6. The first kappa shape index (κ1) is 32.9. The summed E-state index contributed by atoms with van der Waals surface area (Å²) in [5, 5.41) is 36.8. The molecule has 3 aliphatic carbocycles. The zero-order chi connectivity index (χ0) is 35.6. The molecule has 1 heterocycles. The molecular formula is C36H32N2O11. The summed E-state index contributed by atoms with van der Waals surface area (Å²) in [6, 6.07) is 3.24. The number of aryl methyl sites for hydroxylation is 1. The van der Waals surface area contributed by atoms with Gasteiger partial charge in [-0.1, -0.05) is 24.3 Å². The molecule has 0 bridgehead atoms. The van der Waals surface area contributed by atoms with Crippen molar-refractivity contribution in [2.24, 2.45) is 0 Å². The van der Waals surface area contributed by atoms with Gasteiger partial charge in [0, 0.05) is 17.3 Å². The second-order valence-corrected chi connectivity index (χ2v) is 12.9. The van der Waals surface area contributed by atoms with Gasteiger partial charge in [0.1, 0.15) is 34.9 Å². The molecule has 13 heteroatoms. The molecule has 3 aliphatic rings. The normalized spacial score (nSPS) is 18.4. The molecule has 252 valence electrons. The van der Waals surface area contributed by atoms with Crippen LogP contribution in [-0.4, -0.2) is 68.3 Å². The van der Waals surface area contributed by atoms with Gasteiger partial charge in [0.2, 0.25) is 5.78 Å². The highest BCUT2D eigenvalue weighted by Crippen LogP contribution is 2.57. The van der Waals surface area contributed by atoms with Crippen LogP contribution in [0.25, 0.3) is 16.8 Å². The van der Waals surface area contributed by atoms with E-state index in [2.05, 4.69) is 10.3 Å². The minimum Gasteiger partial charge on any atom is -0.507 e. The quantitative estimate of drug-likeness (QED) is 0.108. The molecule has 5 N–H and O–H groups in total. The highest BCUT2D eigenvalue weighted by Gasteiger charge is 2.61. The van der Waals surface area contributed by atoms with Crippen molar-refractivity contribution < 1.29 is 48.8 Å². The number of Topliss-reactive ketones (excluding diaryl/α,β-unsaturated/α-hetero) is 3. The van der Waals surface area contributed by atoms with Gasteiger partial charge in [-0.05, 0) is 63.6 Å². The van der Waals surface area contributed by atoms with E-state index in [1.165, 1.54) is 0 Å². The van der Waals surface area contributed by atoms with Gasteiger partial charge in [-0.3, -0.25) is 24.0 Å². The van der Waals surface area contributed by atoms with Crippen molar-refractivity contribution in [3.05, 3.63) is 91.6 Å². The Balaban J connectivity index is 1.37. The molecular weight excluding hydrogens is 636 g/mol. The van der Waals surface area contributed by atoms with Crippen LogP contribution in [0.5, 0.6) is 17.2 Å². The van der Waals surface area contributed by atoms with Crippen LogP contribution in [0, 0.1) is 0 Å². The van der Waals surface area contributed by atoms with Crippen LogP contribution in [0.15, 0.2) is 47.0 Å². The number of amides is 1. The molecule has 3 aromatic rings. The molecule has 1 spiro atoms. The van der Waals surface area contributed by atoms with Gasteiger partial charge in [-0.2, -0.15) is 0 Å². The number of ketones is 4. The van der Waals surface area contributed by atoms with Crippen molar-refractivity contribution in [3.8, 4) is 17.2 Å². The summed E-state index contributed by atoms with van der Waals surface area (Å²) in [7, 11) is 0. The Labute approximate surface area is 278 Å². The number of aromatic nitrogens is 1. The Bertz CT molecular complexity index is 2200. The lowest BCUT2D eigenvalue weighted by Gasteiger charge is -2.22. The van der Waals surface area contributed by atoms with Gasteiger partial charge >= 0.3 is 6.09 Å². The number of fused-ring (bicyclic) bond motifs is 5. The Hall–Kier alpha value is -5.98. The van der Waals surface area contributed by atoms with Crippen LogP contribution >= 0.6 is 0 Å². The molecule has 49 heavy (non-hydrogen) atoms. The summed E-state index contributed by atoms with van der Waals surface area (Å²) in [6.07, 6.45) is 6.93. The van der Waals surface area contributed by atoms with Crippen molar-refractivity contribution in [1.82, 2.24) is 10.3 Å². The molecule has 0 aliphatic heterocycles. The SMILES string of the molecule is C/C=C/C=C/c1cc2cc3c(c(O)c2c(=O)[nH]1)[C@@]1(CC3)C(=O)c2c(O)c3c(c(O)c2C1=O)C(=O)C(OCCNC(=O)OC(C)(C)C)=CC3=O. The van der Waals surface area contributed by atoms with Crippen LogP contribution in [0.3, 0.4) is 0 Å². The largest absolute Gasteiger partial charge is 0.507 e. The van der Waals surface area contributed by atoms with Crippen molar-refractivity contribution in [3.63, 3.8) is 0 Å². The summed E-state index contributed by atoms with van der Waals surface area (Å²) in [5.74, 6) is -7.11. The first-order valence-corrected chi connectivity index (χ1v) is 15.5. The van der Waals surface area contributed by atoms with E-state index in [1.807, 2.05) is 6.92 Å². The van der Waals surface area contributed by atoms with Crippen LogP contribution < -0.4 is 10.9 Å². The minimum atomic E-state index is -2.14. The number of alkyl carbamates (subject to hydrolysis) is 1. The lowest BCUT2D eigenvalue weighted by Crippen LogP contribution is -2.36. The number of nitrogens with one attached hydrogen (secondary N) is 2. The predicted octanol–water partition coefficient (Wildman–Crippen LogP) is 4.30. The zero-order valence-electron chi connectivity index (χ0n) is 27.0. The fourth-order valence-electron chi connectivity index (χ4n) is 6.70. The van der Waals surface area contributed by atoms with Crippen LogP contribution in [0.1, 0.15) is 92.4 Å². The van der Waals surface area contributed by atoms with Gasteiger partial charge in [-0.15, -0.1) is 0 Å². The summed E-state index contributed by atoms with van der Waals surface area (Å²) in [6.45, 7) is 6.45. The lowest BCUT2D eigenvalue weighted by molar-refractivity contribution is 0.0511. The van der Waals surface area contributed by atoms with E-state index in [0.717, 1.165) is 6.08 Å². The maximum absolute atomic E-state index is 14.3. The minimum absolute atomic E-state index is 0.119. The number of aromatic amines is 1. The second-order valence-electron chi connectivity index (χ2n) is 12.9. The Morgan fingerprint density at radius 1 is 0.959 bits per heavy atom. The summed E-state index contributed by atoms with van der Waals surface area (Å²) < 4.78 is 10.5. The third kappa shape index (κ3) is 5.09. The van der Waals surface area contributed by atoms with Crippen LogP contribution in [0.2, 0.25) is 0 Å². The van der Waals surface area contributed by atoms with Gasteiger partial charge < -0.3 is 35.1 Å². The van der Waals surface area contributed by atoms with Crippen LogP contribution in [0.4, 0.5) is 4.79 Å². The molecule has 1 amide bonds. The Morgan fingerprint density at radius 2 is 1.63 bits per heavy atom. The number of phenols is 3. The van der Waals surface area contributed by atoms with Crippen LogP contribution in [-0.2, 0) is 21.3 Å². The average Bonchev–Trinajstić information content (AvgIpc) is 3.51. The van der Waals surface area contributed by atoms with E-state index in [9.17, 15) is 44.1 Å². The molecule has 1 aromatic heterocycles. The number of pyridine rings is 1. The fraction of sp³-hybridized carbons (Fsp3) is 0.278. The highest BCUT2D eigenvalue weighted by atomic mass is 16.6. The van der Waals surface area contributed by atoms with Gasteiger partial charge in [0.15, 0.2) is 23.1 Å². The van der Waals surface area contributed by atoms with Crippen molar-refractivity contribution in [1.29, 1.82) is 0 Å². The number of hydrogen-bond donors (Lipinski definition) is 5. The number of rotatable bonds is 6. The number of ether oxygens (including phenoxy) is 2. The maximum Gasteiger partial charge on any atom is 0.407 e. The number of carbonyl (C=O) groups is 5. The molecule has 0 radical (unpaired) electrons. The number of benzene rings is 2. The molecule has 0 unspecified atom stereocenters. The first-order chi connectivity index (χ1) is 23.1. The van der Waals surface area contributed by atoms with E-state index < -0.39 is 91.1 Å². The van der Waals surface area contributed by atoms with Crippen molar-refractivity contribution >= 4 is 46.1 Å². The monoisotopic (exact) mass is 668 g/mol. The number of carbonyl (C=O) groups excluding carboxylic acids is 5. The molecule has 6 rings (SSSR count). The number of phenolic OH excluding ortho intramolecular Hbond substituents is 3. The summed E-state index contributed by atoms with van der Waals surface area (Å²) in [5.41, 5.74) is -5.60. The third-order valence-electron chi connectivity index (χ3n) is 8.65. The number of allylic oxidation sites excluding steroid dienone is 5. The lowest BCUT2D eigenvalue weighted by atomic mass is 9.76.